The second kappa shape index (κ2) is 2.95. The summed E-state index contributed by atoms with van der Waals surface area (Å²) in [6.07, 6.45) is 4.85. The molecule has 0 amide bonds. The van der Waals surface area contributed by atoms with Gasteiger partial charge in [-0.25, -0.2) is 9.97 Å². The van der Waals surface area contributed by atoms with Crippen molar-refractivity contribution in [3.05, 3.63) is 23.8 Å². The van der Waals surface area contributed by atoms with Crippen LogP contribution in [0.5, 0.6) is 0 Å². The van der Waals surface area contributed by atoms with E-state index >= 15 is 0 Å². The average molecular weight is 197 g/mol. The molecule has 0 aromatic carbocycles. The second-order valence-electron chi connectivity index (χ2n) is 4.33. The first-order valence-corrected chi connectivity index (χ1v) is 5.04. The quantitative estimate of drug-likeness (QED) is 0.680. The Labute approximate surface area is 83.4 Å². The molecule has 0 spiro atoms. The third-order valence-electron chi connectivity index (χ3n) is 2.70. The Morgan fingerprint density at radius 1 is 1.46 bits per heavy atom. The molecule has 0 radical (unpaired) electrons. The topological polar surface area (TPSA) is 25.8 Å². The van der Waals surface area contributed by atoms with E-state index in [2.05, 4.69) is 23.8 Å². The molecule has 0 bridgehead atoms. The third kappa shape index (κ3) is 1.68. The van der Waals surface area contributed by atoms with Gasteiger partial charge in [0, 0.05) is 23.9 Å². The van der Waals surface area contributed by atoms with Gasteiger partial charge in [0.05, 0.1) is 5.88 Å². The summed E-state index contributed by atoms with van der Waals surface area (Å²) in [6, 6.07) is 0. The molecular weight excluding hydrogens is 184 g/mol. The highest BCUT2D eigenvalue weighted by Gasteiger charge is 2.48. The number of hydrogen-bond acceptors (Lipinski definition) is 2. The van der Waals surface area contributed by atoms with Crippen LogP contribution in [-0.2, 0) is 5.88 Å². The Bertz CT molecular complexity index is 305. The first-order valence-electron chi connectivity index (χ1n) is 4.50. The first kappa shape index (κ1) is 8.95. The van der Waals surface area contributed by atoms with Crippen LogP contribution in [0.15, 0.2) is 12.4 Å². The van der Waals surface area contributed by atoms with Crippen molar-refractivity contribution in [1.29, 1.82) is 0 Å². The normalized spacial score (nSPS) is 24.4. The number of halogens is 1. The van der Waals surface area contributed by atoms with Gasteiger partial charge in [-0.2, -0.15) is 0 Å². The summed E-state index contributed by atoms with van der Waals surface area (Å²) in [6.45, 7) is 4.49. The lowest BCUT2D eigenvalue weighted by Crippen LogP contribution is -1.97. The fraction of sp³-hybridized carbons (Fsp3) is 0.600. The summed E-state index contributed by atoms with van der Waals surface area (Å²) in [4.78, 5) is 8.62. The summed E-state index contributed by atoms with van der Waals surface area (Å²) in [5.41, 5.74) is 1.39. The van der Waals surface area contributed by atoms with Crippen LogP contribution in [0.25, 0.3) is 0 Å². The van der Waals surface area contributed by atoms with E-state index in [0.717, 1.165) is 11.4 Å². The molecular formula is C10H13ClN2. The van der Waals surface area contributed by atoms with E-state index in [1.807, 2.05) is 12.4 Å². The van der Waals surface area contributed by atoms with E-state index in [9.17, 15) is 0 Å². The minimum atomic E-state index is 0.405. The second-order valence-corrected chi connectivity index (χ2v) is 4.60. The molecule has 1 aliphatic carbocycles. The largest absolute Gasteiger partial charge is 0.241 e. The standard InChI is InChI=1S/C10H13ClN2/c1-10(2)3-8(10)9-12-5-7(4-11)6-13-9/h5-6,8H,3-4H2,1-2H3. The van der Waals surface area contributed by atoms with E-state index in [-0.39, 0.29) is 0 Å². The van der Waals surface area contributed by atoms with Gasteiger partial charge in [0.1, 0.15) is 5.82 Å². The molecule has 1 aliphatic rings. The molecule has 70 valence electrons. The molecule has 1 heterocycles. The van der Waals surface area contributed by atoms with E-state index in [1.54, 1.807) is 0 Å². The molecule has 1 unspecified atom stereocenters. The maximum atomic E-state index is 5.65. The number of hydrogen-bond donors (Lipinski definition) is 0. The zero-order valence-corrected chi connectivity index (χ0v) is 8.67. The molecule has 0 saturated heterocycles. The SMILES string of the molecule is CC1(C)CC1c1ncc(CCl)cn1. The van der Waals surface area contributed by atoms with E-state index in [0.29, 0.717) is 17.2 Å². The minimum Gasteiger partial charge on any atom is -0.241 e. The smallest absolute Gasteiger partial charge is 0.131 e. The molecule has 0 N–H and O–H groups in total. The molecule has 1 saturated carbocycles. The molecule has 2 nitrogen and oxygen atoms in total. The first-order chi connectivity index (χ1) is 6.13. The van der Waals surface area contributed by atoms with E-state index < -0.39 is 0 Å². The van der Waals surface area contributed by atoms with Crippen molar-refractivity contribution >= 4 is 11.6 Å². The Morgan fingerprint density at radius 3 is 2.38 bits per heavy atom. The van der Waals surface area contributed by atoms with Crippen molar-refractivity contribution < 1.29 is 0 Å². The molecule has 13 heavy (non-hydrogen) atoms. The van der Waals surface area contributed by atoms with Crippen molar-refractivity contribution in [2.75, 3.05) is 0 Å². The van der Waals surface area contributed by atoms with Gasteiger partial charge >= 0.3 is 0 Å². The van der Waals surface area contributed by atoms with Crippen LogP contribution in [0, 0.1) is 5.41 Å². The van der Waals surface area contributed by atoms with Crippen LogP contribution in [0.1, 0.15) is 37.6 Å². The number of nitrogens with zero attached hydrogens (tertiary/aromatic N) is 2. The highest BCUT2D eigenvalue weighted by atomic mass is 35.5. The summed E-state index contributed by atoms with van der Waals surface area (Å²) < 4.78 is 0. The number of aromatic nitrogens is 2. The van der Waals surface area contributed by atoms with Crippen LogP contribution in [0.4, 0.5) is 0 Å². The molecule has 1 aromatic rings. The lowest BCUT2D eigenvalue weighted by molar-refractivity contribution is 0.608. The predicted molar refractivity (Wildman–Crippen MR) is 52.7 cm³/mol. The van der Waals surface area contributed by atoms with Crippen LogP contribution >= 0.6 is 11.6 Å². The van der Waals surface area contributed by atoms with Crippen LogP contribution < -0.4 is 0 Å². The zero-order chi connectivity index (χ0) is 9.47. The summed E-state index contributed by atoms with van der Waals surface area (Å²) in [5, 5.41) is 0. The van der Waals surface area contributed by atoms with Gasteiger partial charge in [-0.05, 0) is 11.8 Å². The Hall–Kier alpha value is -0.630. The Kier molecular flexibility index (Phi) is 2.03. The van der Waals surface area contributed by atoms with Gasteiger partial charge in [0.25, 0.3) is 0 Å². The Balaban J connectivity index is 2.16. The molecule has 1 aromatic heterocycles. The van der Waals surface area contributed by atoms with Gasteiger partial charge in [-0.1, -0.05) is 13.8 Å². The lowest BCUT2D eigenvalue weighted by atomic mass is 10.1. The van der Waals surface area contributed by atoms with Gasteiger partial charge in [0.15, 0.2) is 0 Å². The molecule has 0 aliphatic heterocycles. The van der Waals surface area contributed by atoms with E-state index in [4.69, 9.17) is 11.6 Å². The van der Waals surface area contributed by atoms with Crippen molar-refractivity contribution in [3.63, 3.8) is 0 Å². The van der Waals surface area contributed by atoms with Crippen molar-refractivity contribution in [3.8, 4) is 0 Å². The number of alkyl halides is 1. The van der Waals surface area contributed by atoms with Crippen LogP contribution in [-0.4, -0.2) is 9.97 Å². The van der Waals surface area contributed by atoms with Crippen LogP contribution in [0.3, 0.4) is 0 Å². The monoisotopic (exact) mass is 196 g/mol. The van der Waals surface area contributed by atoms with E-state index in [1.165, 1.54) is 6.42 Å². The average Bonchev–Trinajstić information content (AvgIpc) is 2.76. The molecule has 3 heteroatoms. The van der Waals surface area contributed by atoms with Gasteiger partial charge in [-0.15, -0.1) is 11.6 Å². The highest BCUT2D eigenvalue weighted by molar-refractivity contribution is 6.17. The lowest BCUT2D eigenvalue weighted by Gasteiger charge is -2.01. The fourth-order valence-corrected chi connectivity index (χ4v) is 1.66. The fourth-order valence-electron chi connectivity index (χ4n) is 1.52. The van der Waals surface area contributed by atoms with Crippen molar-refractivity contribution in [1.82, 2.24) is 9.97 Å². The van der Waals surface area contributed by atoms with Gasteiger partial charge in [0.2, 0.25) is 0 Å². The predicted octanol–water partition coefficient (Wildman–Crippen LogP) is 2.73. The molecule has 1 fully saturated rings. The van der Waals surface area contributed by atoms with Crippen molar-refractivity contribution in [2.24, 2.45) is 5.41 Å². The maximum absolute atomic E-state index is 5.65. The maximum Gasteiger partial charge on any atom is 0.131 e. The Morgan fingerprint density at radius 2 is 2.00 bits per heavy atom. The zero-order valence-electron chi connectivity index (χ0n) is 7.92. The van der Waals surface area contributed by atoms with Gasteiger partial charge in [-0.3, -0.25) is 0 Å². The minimum absolute atomic E-state index is 0.405. The molecule has 1 atom stereocenters. The number of rotatable bonds is 2. The van der Waals surface area contributed by atoms with Crippen molar-refractivity contribution in [2.45, 2.75) is 32.1 Å². The van der Waals surface area contributed by atoms with Crippen LogP contribution in [0.2, 0.25) is 0 Å². The highest BCUT2D eigenvalue weighted by Crippen LogP contribution is 2.57. The summed E-state index contributed by atoms with van der Waals surface area (Å²) in [5.74, 6) is 2.02. The third-order valence-corrected chi connectivity index (χ3v) is 3.01. The summed E-state index contributed by atoms with van der Waals surface area (Å²) in [7, 11) is 0. The molecule has 2 rings (SSSR count). The van der Waals surface area contributed by atoms with Gasteiger partial charge < -0.3 is 0 Å². The summed E-state index contributed by atoms with van der Waals surface area (Å²) >= 11 is 5.65.